The van der Waals surface area contributed by atoms with Crippen molar-refractivity contribution in [2.24, 2.45) is 0 Å². The van der Waals surface area contributed by atoms with Gasteiger partial charge < -0.3 is 4.74 Å². The summed E-state index contributed by atoms with van der Waals surface area (Å²) in [6.45, 7) is 2.75. The lowest BCUT2D eigenvalue weighted by atomic mass is 10.2. The van der Waals surface area contributed by atoms with Crippen molar-refractivity contribution in [1.82, 2.24) is 0 Å². The fraction of sp³-hybridized carbons (Fsp3) is 0.200. The summed E-state index contributed by atoms with van der Waals surface area (Å²) in [7, 11) is 0. The zero-order chi connectivity index (χ0) is 10.1. The van der Waals surface area contributed by atoms with Crippen LogP contribution in [0.5, 0.6) is 5.75 Å². The number of ether oxygens (including phenoxy) is 1. The number of hydrogen-bond donors (Lipinski definition) is 0. The van der Waals surface area contributed by atoms with E-state index in [4.69, 9.17) is 4.74 Å². The number of halogens is 2. The molecule has 0 aliphatic rings. The third kappa shape index (κ3) is 2.01. The predicted octanol–water partition coefficient (Wildman–Crippen LogP) is 4.51. The molecule has 0 bridgehead atoms. The first-order valence-corrected chi connectivity index (χ1v) is 7.25. The van der Waals surface area contributed by atoms with Crippen LogP contribution in [0.25, 0.3) is 10.1 Å². The maximum absolute atomic E-state index is 5.57. The van der Waals surface area contributed by atoms with Gasteiger partial charge in [-0.1, -0.05) is 0 Å². The van der Waals surface area contributed by atoms with Crippen LogP contribution in [0.2, 0.25) is 0 Å². The summed E-state index contributed by atoms with van der Waals surface area (Å²) < 4.78 is 9.47. The van der Waals surface area contributed by atoms with Gasteiger partial charge in [-0.15, -0.1) is 11.3 Å². The second-order valence-electron chi connectivity index (χ2n) is 2.80. The van der Waals surface area contributed by atoms with Gasteiger partial charge >= 0.3 is 0 Å². The normalized spacial score (nSPS) is 10.8. The molecule has 0 saturated heterocycles. The maximum atomic E-state index is 5.57. The molecule has 0 unspecified atom stereocenters. The highest BCUT2D eigenvalue weighted by Gasteiger charge is 2.08. The van der Waals surface area contributed by atoms with E-state index in [0.717, 1.165) is 12.4 Å². The molecule has 4 heteroatoms. The van der Waals surface area contributed by atoms with Gasteiger partial charge in [0.1, 0.15) is 5.75 Å². The molecule has 0 aliphatic carbocycles. The van der Waals surface area contributed by atoms with Gasteiger partial charge in [-0.2, -0.15) is 0 Å². The molecule has 0 radical (unpaired) electrons. The van der Waals surface area contributed by atoms with E-state index in [1.54, 1.807) is 11.3 Å². The summed E-state index contributed by atoms with van der Waals surface area (Å²) in [6.07, 6.45) is 0. The molecule has 0 aliphatic heterocycles. The van der Waals surface area contributed by atoms with Crippen LogP contribution in [0.4, 0.5) is 0 Å². The number of benzene rings is 1. The Morgan fingerprint density at radius 1 is 1.36 bits per heavy atom. The van der Waals surface area contributed by atoms with Crippen molar-refractivity contribution in [3.05, 3.63) is 24.7 Å². The SMILES string of the molecule is CCOc1csc2c(I)cc(I)cc12. The highest BCUT2D eigenvalue weighted by atomic mass is 127. The average Bonchev–Trinajstić information content (AvgIpc) is 2.49. The number of rotatable bonds is 2. The molecule has 1 heterocycles. The lowest BCUT2D eigenvalue weighted by molar-refractivity contribution is 0.345. The van der Waals surface area contributed by atoms with Crippen molar-refractivity contribution in [2.45, 2.75) is 6.92 Å². The molecule has 0 saturated carbocycles. The molecule has 74 valence electrons. The Hall–Kier alpha value is 0.440. The molecule has 0 amide bonds. The predicted molar refractivity (Wildman–Crippen MR) is 78.4 cm³/mol. The van der Waals surface area contributed by atoms with E-state index in [1.165, 1.54) is 17.2 Å². The zero-order valence-corrected chi connectivity index (χ0v) is 12.6. The fourth-order valence-corrected chi connectivity index (χ4v) is 4.41. The Kier molecular flexibility index (Phi) is 3.54. The van der Waals surface area contributed by atoms with Crippen LogP contribution in [0.1, 0.15) is 6.92 Å². The van der Waals surface area contributed by atoms with E-state index in [0.29, 0.717) is 0 Å². The Morgan fingerprint density at radius 2 is 2.14 bits per heavy atom. The molecule has 0 N–H and O–H groups in total. The quantitative estimate of drug-likeness (QED) is 0.638. The van der Waals surface area contributed by atoms with Crippen molar-refractivity contribution in [3.8, 4) is 5.75 Å². The molecule has 0 atom stereocenters. The van der Waals surface area contributed by atoms with Crippen molar-refractivity contribution in [1.29, 1.82) is 0 Å². The van der Waals surface area contributed by atoms with Gasteiger partial charge in [0.15, 0.2) is 0 Å². The molecule has 2 rings (SSSR count). The van der Waals surface area contributed by atoms with E-state index in [9.17, 15) is 0 Å². The first-order chi connectivity index (χ1) is 6.72. The number of hydrogen-bond acceptors (Lipinski definition) is 2. The van der Waals surface area contributed by atoms with Crippen LogP contribution < -0.4 is 4.74 Å². The molecule has 14 heavy (non-hydrogen) atoms. The molecule has 1 aromatic heterocycles. The Balaban J connectivity index is 2.66. The van der Waals surface area contributed by atoms with Gasteiger partial charge in [-0.25, -0.2) is 0 Å². The van der Waals surface area contributed by atoms with Gasteiger partial charge in [-0.05, 0) is 64.2 Å². The van der Waals surface area contributed by atoms with Crippen molar-refractivity contribution >= 4 is 66.6 Å². The fourth-order valence-electron chi connectivity index (χ4n) is 1.31. The van der Waals surface area contributed by atoms with Crippen LogP contribution in [0, 0.1) is 7.14 Å². The van der Waals surface area contributed by atoms with Crippen LogP contribution in [-0.4, -0.2) is 6.61 Å². The second kappa shape index (κ2) is 4.52. The first-order valence-electron chi connectivity index (χ1n) is 4.21. The van der Waals surface area contributed by atoms with E-state index in [-0.39, 0.29) is 0 Å². The molecule has 1 nitrogen and oxygen atoms in total. The van der Waals surface area contributed by atoms with Crippen LogP contribution >= 0.6 is 56.5 Å². The summed E-state index contributed by atoms with van der Waals surface area (Å²) in [5, 5.41) is 3.33. The zero-order valence-electron chi connectivity index (χ0n) is 7.51. The Bertz CT molecular complexity index is 464. The monoisotopic (exact) mass is 430 g/mol. The van der Waals surface area contributed by atoms with Crippen molar-refractivity contribution in [2.75, 3.05) is 6.61 Å². The smallest absolute Gasteiger partial charge is 0.137 e. The maximum Gasteiger partial charge on any atom is 0.137 e. The summed E-state index contributed by atoms with van der Waals surface area (Å²) >= 11 is 6.47. The van der Waals surface area contributed by atoms with E-state index in [1.807, 2.05) is 6.92 Å². The summed E-state index contributed by atoms with van der Waals surface area (Å²) in [6, 6.07) is 4.37. The van der Waals surface area contributed by atoms with E-state index >= 15 is 0 Å². The molecule has 0 fully saturated rings. The lowest BCUT2D eigenvalue weighted by Crippen LogP contribution is -1.89. The van der Waals surface area contributed by atoms with E-state index in [2.05, 4.69) is 62.7 Å². The van der Waals surface area contributed by atoms with Crippen LogP contribution in [0.15, 0.2) is 17.5 Å². The van der Waals surface area contributed by atoms with Gasteiger partial charge in [0, 0.05) is 17.9 Å². The minimum atomic E-state index is 0.730. The summed E-state index contributed by atoms with van der Waals surface area (Å²) in [5.74, 6) is 1.02. The molecule has 2 aromatic rings. The van der Waals surface area contributed by atoms with Gasteiger partial charge in [0.25, 0.3) is 0 Å². The van der Waals surface area contributed by atoms with Gasteiger partial charge in [0.05, 0.1) is 11.3 Å². The Morgan fingerprint density at radius 3 is 2.86 bits per heavy atom. The van der Waals surface area contributed by atoms with Crippen LogP contribution in [-0.2, 0) is 0 Å². The molecular formula is C10H8I2OS. The Labute approximate surface area is 114 Å². The second-order valence-corrected chi connectivity index (χ2v) is 6.08. The third-order valence-electron chi connectivity index (χ3n) is 1.86. The number of fused-ring (bicyclic) bond motifs is 1. The summed E-state index contributed by atoms with van der Waals surface area (Å²) in [5.41, 5.74) is 0. The molecule has 1 aromatic carbocycles. The van der Waals surface area contributed by atoms with Gasteiger partial charge in [-0.3, -0.25) is 0 Å². The minimum absolute atomic E-state index is 0.730. The average molecular weight is 430 g/mol. The first kappa shape index (κ1) is 10.9. The topological polar surface area (TPSA) is 9.23 Å². The van der Waals surface area contributed by atoms with Gasteiger partial charge in [0.2, 0.25) is 0 Å². The standard InChI is InChI=1S/C10H8I2OS/c1-2-13-9-5-14-10-7(9)3-6(11)4-8(10)12/h3-5H,2H2,1H3. The van der Waals surface area contributed by atoms with Crippen molar-refractivity contribution < 1.29 is 4.74 Å². The minimum Gasteiger partial charge on any atom is -0.492 e. The number of thiophene rings is 1. The highest BCUT2D eigenvalue weighted by molar-refractivity contribution is 14.1. The van der Waals surface area contributed by atoms with Crippen LogP contribution in [0.3, 0.4) is 0 Å². The lowest BCUT2D eigenvalue weighted by Gasteiger charge is -2.01. The molecule has 0 spiro atoms. The third-order valence-corrected chi connectivity index (χ3v) is 4.70. The highest BCUT2D eigenvalue weighted by Crippen LogP contribution is 2.36. The van der Waals surface area contributed by atoms with Crippen molar-refractivity contribution in [3.63, 3.8) is 0 Å². The summed E-state index contributed by atoms with van der Waals surface area (Å²) in [4.78, 5) is 0. The molecular weight excluding hydrogens is 422 g/mol. The largest absolute Gasteiger partial charge is 0.492 e. The van der Waals surface area contributed by atoms with E-state index < -0.39 is 0 Å².